The van der Waals surface area contributed by atoms with E-state index in [0.717, 1.165) is 12.8 Å². The molecular weight excluding hydrogens is 445 g/mol. The van der Waals surface area contributed by atoms with Crippen LogP contribution in [0.25, 0.3) is 11.1 Å². The molecule has 1 fully saturated rings. The van der Waals surface area contributed by atoms with Crippen molar-refractivity contribution in [3.63, 3.8) is 0 Å². The average Bonchev–Trinajstić information content (AvgIpc) is 2.86. The molecule has 7 heteroatoms. The maximum absolute atomic E-state index is 14.8. The highest BCUT2D eigenvalue weighted by molar-refractivity contribution is 5.91. The monoisotopic (exact) mass is 470 g/mol. The Balaban J connectivity index is 1.46. The zero-order chi connectivity index (χ0) is 24.2. The van der Waals surface area contributed by atoms with Crippen molar-refractivity contribution >= 4 is 5.97 Å². The van der Waals surface area contributed by atoms with Crippen LogP contribution in [0.3, 0.4) is 0 Å². The third-order valence-electron chi connectivity index (χ3n) is 6.33. The van der Waals surface area contributed by atoms with Crippen molar-refractivity contribution in [2.75, 3.05) is 14.2 Å². The van der Waals surface area contributed by atoms with Crippen molar-refractivity contribution < 1.29 is 32.2 Å². The number of benzene rings is 3. The molecule has 0 amide bonds. The topological polar surface area (TPSA) is 44.8 Å². The van der Waals surface area contributed by atoms with E-state index in [4.69, 9.17) is 14.2 Å². The highest BCUT2D eigenvalue weighted by Crippen LogP contribution is 2.36. The summed E-state index contributed by atoms with van der Waals surface area (Å²) in [6, 6.07) is 13.6. The predicted molar refractivity (Wildman–Crippen MR) is 122 cm³/mol. The fourth-order valence-electron chi connectivity index (χ4n) is 4.37. The highest BCUT2D eigenvalue weighted by Gasteiger charge is 2.28. The van der Waals surface area contributed by atoms with Crippen LogP contribution in [0.5, 0.6) is 11.5 Å². The third-order valence-corrected chi connectivity index (χ3v) is 6.33. The SMILES string of the molecule is COc1ccc(-c2ccc(OC(=O)c3ccc(C4CCC(OC)CC4)c(F)c3F)cc2)cc1F. The number of ether oxygens (including phenoxy) is 3. The van der Waals surface area contributed by atoms with E-state index in [0.29, 0.717) is 24.0 Å². The molecule has 1 aliphatic carbocycles. The van der Waals surface area contributed by atoms with E-state index in [1.165, 1.54) is 43.5 Å². The van der Waals surface area contributed by atoms with E-state index in [2.05, 4.69) is 0 Å². The van der Waals surface area contributed by atoms with Gasteiger partial charge >= 0.3 is 5.97 Å². The summed E-state index contributed by atoms with van der Waals surface area (Å²) in [4.78, 5) is 12.5. The number of hydrogen-bond acceptors (Lipinski definition) is 4. The van der Waals surface area contributed by atoms with E-state index in [-0.39, 0.29) is 29.1 Å². The van der Waals surface area contributed by atoms with E-state index < -0.39 is 29.0 Å². The molecule has 1 saturated carbocycles. The quantitative estimate of drug-likeness (QED) is 0.298. The van der Waals surface area contributed by atoms with Crippen LogP contribution in [-0.4, -0.2) is 26.3 Å². The van der Waals surface area contributed by atoms with E-state index in [1.807, 2.05) is 0 Å². The molecule has 4 rings (SSSR count). The molecule has 0 heterocycles. The normalized spacial score (nSPS) is 17.9. The smallest absolute Gasteiger partial charge is 0.346 e. The lowest BCUT2D eigenvalue weighted by atomic mass is 9.82. The molecule has 0 unspecified atom stereocenters. The fraction of sp³-hybridized carbons (Fsp3) is 0.296. The lowest BCUT2D eigenvalue weighted by Crippen LogP contribution is -2.20. The number of hydrogen-bond donors (Lipinski definition) is 0. The Morgan fingerprint density at radius 1 is 0.824 bits per heavy atom. The van der Waals surface area contributed by atoms with Gasteiger partial charge in [0, 0.05) is 7.11 Å². The first-order chi connectivity index (χ1) is 16.4. The summed E-state index contributed by atoms with van der Waals surface area (Å²) in [6.07, 6.45) is 3.11. The molecule has 3 aromatic rings. The van der Waals surface area contributed by atoms with E-state index in [1.54, 1.807) is 25.3 Å². The molecule has 0 aromatic heterocycles. The van der Waals surface area contributed by atoms with Crippen LogP contribution in [0, 0.1) is 17.5 Å². The van der Waals surface area contributed by atoms with Crippen molar-refractivity contribution in [3.8, 4) is 22.6 Å². The summed E-state index contributed by atoms with van der Waals surface area (Å²) in [7, 11) is 3.04. The number of esters is 1. The molecule has 0 aliphatic heterocycles. The van der Waals surface area contributed by atoms with Crippen LogP contribution in [0.2, 0.25) is 0 Å². The van der Waals surface area contributed by atoms with E-state index >= 15 is 0 Å². The summed E-state index contributed by atoms with van der Waals surface area (Å²) in [5, 5.41) is 0. The first-order valence-corrected chi connectivity index (χ1v) is 11.1. The van der Waals surface area contributed by atoms with Gasteiger partial charge in [0.05, 0.1) is 18.8 Å². The van der Waals surface area contributed by atoms with Gasteiger partial charge < -0.3 is 14.2 Å². The van der Waals surface area contributed by atoms with Crippen LogP contribution >= 0.6 is 0 Å². The molecule has 0 N–H and O–H groups in total. The number of rotatable bonds is 6. The fourth-order valence-corrected chi connectivity index (χ4v) is 4.37. The Labute approximate surface area is 196 Å². The van der Waals surface area contributed by atoms with Gasteiger partial charge in [-0.25, -0.2) is 18.0 Å². The predicted octanol–water partition coefficient (Wildman–Crippen LogP) is 6.67. The van der Waals surface area contributed by atoms with Crippen molar-refractivity contribution in [1.29, 1.82) is 0 Å². The van der Waals surface area contributed by atoms with Crippen molar-refractivity contribution in [2.45, 2.75) is 37.7 Å². The van der Waals surface area contributed by atoms with Crippen molar-refractivity contribution in [2.24, 2.45) is 0 Å². The molecule has 0 radical (unpaired) electrons. The van der Waals surface area contributed by atoms with Gasteiger partial charge in [-0.1, -0.05) is 24.3 Å². The highest BCUT2D eigenvalue weighted by atomic mass is 19.2. The summed E-state index contributed by atoms with van der Waals surface area (Å²) >= 11 is 0. The Hall–Kier alpha value is -3.32. The van der Waals surface area contributed by atoms with E-state index in [9.17, 15) is 18.0 Å². The van der Waals surface area contributed by atoms with Crippen LogP contribution < -0.4 is 9.47 Å². The van der Waals surface area contributed by atoms with Crippen molar-refractivity contribution in [3.05, 3.63) is 83.2 Å². The zero-order valence-corrected chi connectivity index (χ0v) is 18.9. The van der Waals surface area contributed by atoms with Gasteiger partial charge in [-0.3, -0.25) is 0 Å². The molecule has 34 heavy (non-hydrogen) atoms. The van der Waals surface area contributed by atoms with Gasteiger partial charge in [0.15, 0.2) is 23.2 Å². The van der Waals surface area contributed by atoms with Gasteiger partial charge in [-0.05, 0) is 78.6 Å². The average molecular weight is 470 g/mol. The van der Waals surface area contributed by atoms with Crippen LogP contribution in [0.15, 0.2) is 54.6 Å². The van der Waals surface area contributed by atoms with Gasteiger partial charge in [-0.2, -0.15) is 0 Å². The lowest BCUT2D eigenvalue weighted by Gasteiger charge is -2.28. The minimum atomic E-state index is -1.21. The summed E-state index contributed by atoms with van der Waals surface area (Å²) < 4.78 is 59.0. The summed E-state index contributed by atoms with van der Waals surface area (Å²) in [6.45, 7) is 0. The maximum Gasteiger partial charge on any atom is 0.346 e. The molecule has 4 nitrogen and oxygen atoms in total. The Morgan fingerprint density at radius 3 is 2.12 bits per heavy atom. The van der Waals surface area contributed by atoms with Gasteiger partial charge in [-0.15, -0.1) is 0 Å². The Bertz CT molecular complexity index is 1170. The third kappa shape index (κ3) is 4.94. The summed E-state index contributed by atoms with van der Waals surface area (Å²) in [5.41, 5.74) is 1.11. The lowest BCUT2D eigenvalue weighted by molar-refractivity contribution is 0.0654. The first-order valence-electron chi connectivity index (χ1n) is 11.1. The standard InChI is InChI=1S/C27H25F3O4/c1-32-19-8-5-17(6-9-19)21-12-13-22(26(30)25(21)29)27(31)34-20-10-3-16(4-11-20)18-7-14-24(33-2)23(28)15-18/h3-4,7,10-15,17,19H,5-6,8-9H2,1-2H3. The number of carbonyl (C=O) groups excluding carboxylic acids is 1. The Morgan fingerprint density at radius 2 is 1.50 bits per heavy atom. The molecule has 3 aromatic carbocycles. The van der Waals surface area contributed by atoms with Crippen LogP contribution in [0.4, 0.5) is 13.2 Å². The Kier molecular flexibility index (Phi) is 7.22. The molecule has 0 saturated heterocycles. The second kappa shape index (κ2) is 10.3. The molecule has 1 aliphatic rings. The number of carbonyl (C=O) groups is 1. The minimum Gasteiger partial charge on any atom is -0.494 e. The molecular formula is C27H25F3O4. The first kappa shape index (κ1) is 23.8. The van der Waals surface area contributed by atoms with Gasteiger partial charge in [0.25, 0.3) is 0 Å². The van der Waals surface area contributed by atoms with Gasteiger partial charge in [0.1, 0.15) is 5.75 Å². The van der Waals surface area contributed by atoms with Crippen LogP contribution in [-0.2, 0) is 4.74 Å². The molecule has 0 bridgehead atoms. The molecule has 178 valence electrons. The van der Waals surface area contributed by atoms with Gasteiger partial charge in [0.2, 0.25) is 0 Å². The largest absolute Gasteiger partial charge is 0.494 e. The number of halogens is 3. The maximum atomic E-state index is 14.8. The second-order valence-electron chi connectivity index (χ2n) is 8.30. The number of methoxy groups -OCH3 is 2. The van der Waals surface area contributed by atoms with Crippen LogP contribution in [0.1, 0.15) is 47.5 Å². The summed E-state index contributed by atoms with van der Waals surface area (Å²) in [5.74, 6) is -3.52. The molecule has 0 atom stereocenters. The van der Waals surface area contributed by atoms with Crippen molar-refractivity contribution in [1.82, 2.24) is 0 Å². The minimum absolute atomic E-state index is 0.110. The second-order valence-corrected chi connectivity index (χ2v) is 8.30. The molecule has 0 spiro atoms. The zero-order valence-electron chi connectivity index (χ0n) is 18.9.